The summed E-state index contributed by atoms with van der Waals surface area (Å²) in [6.07, 6.45) is 0.880. The Bertz CT molecular complexity index is 476. The molecule has 6 heteroatoms. The van der Waals surface area contributed by atoms with Gasteiger partial charge in [0.1, 0.15) is 5.82 Å². The van der Waals surface area contributed by atoms with Crippen LogP contribution in [0, 0.1) is 5.82 Å². The van der Waals surface area contributed by atoms with Gasteiger partial charge in [-0.1, -0.05) is 6.92 Å². The number of amides is 2. The first-order chi connectivity index (χ1) is 9.93. The van der Waals surface area contributed by atoms with Crippen molar-refractivity contribution in [3.8, 4) is 0 Å². The maximum atomic E-state index is 12.8. The van der Waals surface area contributed by atoms with Crippen molar-refractivity contribution in [2.45, 2.75) is 26.3 Å². The van der Waals surface area contributed by atoms with Gasteiger partial charge in [-0.15, -0.1) is 0 Å². The second-order valence-electron chi connectivity index (χ2n) is 5.09. The van der Waals surface area contributed by atoms with Crippen molar-refractivity contribution in [3.63, 3.8) is 0 Å². The van der Waals surface area contributed by atoms with Gasteiger partial charge in [0, 0.05) is 12.2 Å². The van der Waals surface area contributed by atoms with E-state index in [1.165, 1.54) is 24.3 Å². The Balaban J connectivity index is 2.49. The Labute approximate surface area is 124 Å². The summed E-state index contributed by atoms with van der Waals surface area (Å²) in [7, 11) is 1.79. The first-order valence-electron chi connectivity index (χ1n) is 7.09. The number of nitrogens with one attached hydrogen (secondary N) is 3. The number of rotatable bonds is 7. The Morgan fingerprint density at radius 3 is 2.48 bits per heavy atom. The third-order valence-corrected chi connectivity index (χ3v) is 3.26. The molecule has 1 unspecified atom stereocenters. The molecular formula is C15H23FN3O2+. The van der Waals surface area contributed by atoms with E-state index in [9.17, 15) is 14.0 Å². The van der Waals surface area contributed by atoms with Gasteiger partial charge in [-0.3, -0.25) is 9.59 Å². The second kappa shape index (κ2) is 8.36. The van der Waals surface area contributed by atoms with Gasteiger partial charge in [-0.25, -0.2) is 4.39 Å². The summed E-state index contributed by atoms with van der Waals surface area (Å²) in [5, 5.41) is 5.49. The smallest absolute Gasteiger partial charge is 0.282 e. The summed E-state index contributed by atoms with van der Waals surface area (Å²) in [6.45, 7) is 4.61. The molecule has 1 aromatic carbocycles. The maximum absolute atomic E-state index is 12.8. The molecule has 0 aliphatic rings. The van der Waals surface area contributed by atoms with E-state index in [1.807, 2.05) is 6.92 Å². The average molecular weight is 296 g/mol. The van der Waals surface area contributed by atoms with Crippen LogP contribution in [0.15, 0.2) is 24.3 Å². The predicted octanol–water partition coefficient (Wildman–Crippen LogP) is 0.194. The summed E-state index contributed by atoms with van der Waals surface area (Å²) in [4.78, 5) is 24.5. The fourth-order valence-electron chi connectivity index (χ4n) is 1.74. The zero-order valence-corrected chi connectivity index (χ0v) is 12.7. The lowest BCUT2D eigenvalue weighted by atomic mass is 10.2. The predicted molar refractivity (Wildman–Crippen MR) is 79.5 cm³/mol. The zero-order chi connectivity index (χ0) is 15.8. The van der Waals surface area contributed by atoms with Gasteiger partial charge < -0.3 is 15.5 Å². The van der Waals surface area contributed by atoms with Gasteiger partial charge in [0.2, 0.25) is 0 Å². The molecule has 1 aromatic rings. The summed E-state index contributed by atoms with van der Waals surface area (Å²) in [5.74, 6) is -0.630. The number of benzene rings is 1. The van der Waals surface area contributed by atoms with Crippen LogP contribution in [0.2, 0.25) is 0 Å². The quantitative estimate of drug-likeness (QED) is 0.673. The van der Waals surface area contributed by atoms with Crippen molar-refractivity contribution in [3.05, 3.63) is 30.1 Å². The maximum Gasteiger partial charge on any atom is 0.282 e. The van der Waals surface area contributed by atoms with Crippen molar-refractivity contribution in [2.24, 2.45) is 0 Å². The molecule has 0 aliphatic carbocycles. The monoisotopic (exact) mass is 296 g/mol. The Morgan fingerprint density at radius 1 is 1.29 bits per heavy atom. The molecule has 0 aliphatic heterocycles. The van der Waals surface area contributed by atoms with Gasteiger partial charge in [-0.05, 0) is 37.6 Å². The summed E-state index contributed by atoms with van der Waals surface area (Å²) >= 11 is 0. The van der Waals surface area contributed by atoms with Gasteiger partial charge in [-0.2, -0.15) is 0 Å². The molecule has 0 aromatic heterocycles. The molecule has 21 heavy (non-hydrogen) atoms. The van der Waals surface area contributed by atoms with Crippen molar-refractivity contribution in [1.82, 2.24) is 5.32 Å². The third-order valence-electron chi connectivity index (χ3n) is 3.26. The summed E-state index contributed by atoms with van der Waals surface area (Å²) in [5.41, 5.74) is 0.538. The molecule has 0 bridgehead atoms. The number of likely N-dealkylation sites (N-methyl/N-ethyl adjacent to an activating group) is 1. The van der Waals surface area contributed by atoms with E-state index >= 15 is 0 Å². The fraction of sp³-hybridized carbons (Fsp3) is 0.467. The van der Waals surface area contributed by atoms with Crippen molar-refractivity contribution >= 4 is 17.5 Å². The minimum absolute atomic E-state index is 0.0733. The molecule has 2 atom stereocenters. The summed E-state index contributed by atoms with van der Waals surface area (Å²) in [6, 6.07) is 5.19. The topological polar surface area (TPSA) is 62.6 Å². The van der Waals surface area contributed by atoms with Crippen LogP contribution in [0.25, 0.3) is 0 Å². The Hall–Kier alpha value is -1.95. The van der Waals surface area contributed by atoms with Gasteiger partial charge in [0.05, 0.1) is 7.05 Å². The minimum atomic E-state index is -0.387. The average Bonchev–Trinajstić information content (AvgIpc) is 2.46. The van der Waals surface area contributed by atoms with Crippen LogP contribution >= 0.6 is 0 Å². The molecule has 5 nitrogen and oxygen atoms in total. The first-order valence-corrected chi connectivity index (χ1v) is 7.09. The highest BCUT2D eigenvalue weighted by atomic mass is 19.1. The van der Waals surface area contributed by atoms with Crippen LogP contribution in [0.3, 0.4) is 0 Å². The number of carbonyl (C=O) groups excluding carboxylic acids is 2. The molecule has 0 fully saturated rings. The zero-order valence-electron chi connectivity index (χ0n) is 12.7. The van der Waals surface area contributed by atoms with E-state index < -0.39 is 0 Å². The van der Waals surface area contributed by atoms with Crippen molar-refractivity contribution in [1.29, 1.82) is 0 Å². The molecule has 0 radical (unpaired) electrons. The molecule has 2 amide bonds. The van der Waals surface area contributed by atoms with Crippen LogP contribution in [-0.4, -0.2) is 38.0 Å². The van der Waals surface area contributed by atoms with E-state index in [0.717, 1.165) is 11.3 Å². The number of hydrogen-bond acceptors (Lipinski definition) is 2. The third kappa shape index (κ3) is 5.91. The van der Waals surface area contributed by atoms with Crippen molar-refractivity contribution < 1.29 is 18.9 Å². The van der Waals surface area contributed by atoms with Crippen LogP contribution < -0.4 is 15.5 Å². The van der Waals surface area contributed by atoms with Gasteiger partial charge in [0.25, 0.3) is 11.8 Å². The Kier molecular flexibility index (Phi) is 6.81. The van der Waals surface area contributed by atoms with Crippen molar-refractivity contribution in [2.75, 3.05) is 25.5 Å². The molecule has 116 valence electrons. The molecular weight excluding hydrogens is 273 g/mol. The fourth-order valence-corrected chi connectivity index (χ4v) is 1.74. The lowest BCUT2D eigenvalue weighted by Gasteiger charge is -2.20. The highest BCUT2D eigenvalue weighted by Crippen LogP contribution is 2.08. The molecule has 1 rings (SSSR count). The number of halogens is 1. The van der Waals surface area contributed by atoms with E-state index in [2.05, 4.69) is 10.6 Å². The van der Waals surface area contributed by atoms with E-state index in [4.69, 9.17) is 0 Å². The van der Waals surface area contributed by atoms with Crippen LogP contribution in [-0.2, 0) is 9.59 Å². The largest absolute Gasteiger partial charge is 0.351 e. The lowest BCUT2D eigenvalue weighted by Crippen LogP contribution is -3.15. The first kappa shape index (κ1) is 17.1. The highest BCUT2D eigenvalue weighted by molar-refractivity contribution is 5.93. The number of anilines is 1. The SMILES string of the molecule is CCCNC(=O)C[NH+](C)[C@H](C)C(=O)Nc1ccc(F)cc1. The number of hydrogen-bond donors (Lipinski definition) is 3. The molecule has 3 N–H and O–H groups in total. The molecule has 0 heterocycles. The lowest BCUT2D eigenvalue weighted by molar-refractivity contribution is -0.885. The standard InChI is InChI=1S/C15H22FN3O2/c1-4-9-17-14(20)10-19(3)11(2)15(21)18-13-7-5-12(16)6-8-13/h5-8,11H,4,9-10H2,1-3H3,(H,17,20)(H,18,21)/p+1/t11-/m1/s1. The molecule has 0 saturated heterocycles. The Morgan fingerprint density at radius 2 is 1.90 bits per heavy atom. The van der Waals surface area contributed by atoms with Crippen LogP contribution in [0.1, 0.15) is 20.3 Å². The van der Waals surface area contributed by atoms with E-state index in [0.29, 0.717) is 12.2 Å². The highest BCUT2D eigenvalue weighted by Gasteiger charge is 2.23. The summed E-state index contributed by atoms with van der Waals surface area (Å²) < 4.78 is 12.8. The van der Waals surface area contributed by atoms with Crippen LogP contribution in [0.4, 0.5) is 10.1 Å². The van der Waals surface area contributed by atoms with E-state index in [-0.39, 0.29) is 30.2 Å². The number of carbonyl (C=O) groups is 2. The second-order valence-corrected chi connectivity index (χ2v) is 5.09. The van der Waals surface area contributed by atoms with Gasteiger partial charge >= 0.3 is 0 Å². The van der Waals surface area contributed by atoms with E-state index in [1.54, 1.807) is 14.0 Å². The molecule has 0 saturated carbocycles. The normalized spacial score (nSPS) is 13.3. The van der Waals surface area contributed by atoms with Gasteiger partial charge in [0.15, 0.2) is 12.6 Å². The van der Waals surface area contributed by atoms with Crippen LogP contribution in [0.5, 0.6) is 0 Å². The molecule has 0 spiro atoms. The minimum Gasteiger partial charge on any atom is -0.351 e. The number of quaternary nitrogens is 1.